The fourth-order valence-corrected chi connectivity index (χ4v) is 5.52. The Hall–Kier alpha value is -5.24. The van der Waals surface area contributed by atoms with Gasteiger partial charge in [0.15, 0.2) is 0 Å². The quantitative estimate of drug-likeness (QED) is 0.280. The lowest BCUT2D eigenvalue weighted by atomic mass is 9.92. The van der Waals surface area contributed by atoms with E-state index < -0.39 is 12.5 Å². The Labute approximate surface area is 250 Å². The van der Waals surface area contributed by atoms with Gasteiger partial charge in [0.05, 0.1) is 11.4 Å². The van der Waals surface area contributed by atoms with E-state index in [0.29, 0.717) is 28.2 Å². The van der Waals surface area contributed by atoms with Gasteiger partial charge in [-0.3, -0.25) is 24.1 Å². The molecule has 0 saturated carbocycles. The molecule has 0 radical (unpaired) electrons. The van der Waals surface area contributed by atoms with Crippen molar-refractivity contribution in [1.82, 2.24) is 0 Å². The van der Waals surface area contributed by atoms with Crippen LogP contribution in [0, 0.1) is 27.7 Å². The highest BCUT2D eigenvalue weighted by Gasteiger charge is 2.31. The van der Waals surface area contributed by atoms with E-state index in [1.165, 1.54) is 9.80 Å². The van der Waals surface area contributed by atoms with Crippen molar-refractivity contribution in [2.75, 3.05) is 28.2 Å². The van der Waals surface area contributed by atoms with E-state index in [0.717, 1.165) is 33.4 Å². The van der Waals surface area contributed by atoms with E-state index in [2.05, 4.69) is 5.32 Å². The molecular weight excluding hydrogens is 542 g/mol. The van der Waals surface area contributed by atoms with Crippen molar-refractivity contribution >= 4 is 40.8 Å². The van der Waals surface area contributed by atoms with Gasteiger partial charge in [-0.15, -0.1) is 0 Å². The van der Waals surface area contributed by atoms with Gasteiger partial charge < -0.3 is 15.3 Å². The summed E-state index contributed by atoms with van der Waals surface area (Å²) in [4.78, 5) is 54.4. The van der Waals surface area contributed by atoms with Crippen molar-refractivity contribution in [3.63, 3.8) is 0 Å². The molecule has 1 heterocycles. The molecule has 0 bridgehead atoms. The molecule has 4 aromatic rings. The maximum atomic E-state index is 13.8. The zero-order valence-corrected chi connectivity index (χ0v) is 24.6. The molecule has 5 rings (SSSR count). The van der Waals surface area contributed by atoms with Crippen LogP contribution in [-0.2, 0) is 9.59 Å². The molecule has 8 nitrogen and oxygen atoms in total. The van der Waals surface area contributed by atoms with E-state index in [1.807, 2.05) is 70.2 Å². The number of amides is 3. The van der Waals surface area contributed by atoms with Gasteiger partial charge >= 0.3 is 5.97 Å². The predicted octanol–water partition coefficient (Wildman–Crippen LogP) is 6.31. The third-order valence-corrected chi connectivity index (χ3v) is 7.87. The Morgan fingerprint density at radius 2 is 1.42 bits per heavy atom. The number of fused-ring (bicyclic) bond motifs is 1. The van der Waals surface area contributed by atoms with Gasteiger partial charge in [0.25, 0.3) is 11.8 Å². The molecule has 43 heavy (non-hydrogen) atoms. The molecule has 0 spiro atoms. The fraction of sp³-hybridized carbons (Fsp3) is 0.200. The number of hydrogen-bond acceptors (Lipinski definition) is 4. The number of anilines is 3. The molecule has 0 saturated heterocycles. The number of carbonyl (C=O) groups is 4. The van der Waals surface area contributed by atoms with Crippen molar-refractivity contribution < 1.29 is 24.3 Å². The zero-order chi connectivity index (χ0) is 30.8. The normalized spacial score (nSPS) is 12.9. The minimum absolute atomic E-state index is 0.0142. The second kappa shape index (κ2) is 11.9. The van der Waals surface area contributed by atoms with Crippen LogP contribution in [0.25, 0.3) is 11.1 Å². The van der Waals surface area contributed by atoms with Gasteiger partial charge in [0.2, 0.25) is 5.91 Å². The average Bonchev–Trinajstić information content (AvgIpc) is 3.09. The van der Waals surface area contributed by atoms with E-state index in [1.54, 1.807) is 36.4 Å². The van der Waals surface area contributed by atoms with Crippen molar-refractivity contribution in [3.8, 4) is 11.1 Å². The van der Waals surface area contributed by atoms with Crippen LogP contribution in [0.1, 0.15) is 49.4 Å². The molecule has 0 atom stereocenters. The number of aryl methyl sites for hydroxylation is 4. The number of hydrogen-bond donors (Lipinski definition) is 2. The Balaban J connectivity index is 1.41. The number of carboxylic acid groups (broad SMARTS) is 1. The first kappa shape index (κ1) is 29.3. The van der Waals surface area contributed by atoms with E-state index in [4.69, 9.17) is 0 Å². The topological polar surface area (TPSA) is 107 Å². The maximum Gasteiger partial charge on any atom is 0.323 e. The summed E-state index contributed by atoms with van der Waals surface area (Å²) in [6.45, 7) is 7.45. The number of carboxylic acids is 1. The van der Waals surface area contributed by atoms with Crippen LogP contribution < -0.4 is 15.1 Å². The van der Waals surface area contributed by atoms with Crippen LogP contribution in [0.15, 0.2) is 78.9 Å². The highest BCUT2D eigenvalue weighted by atomic mass is 16.4. The molecule has 0 unspecified atom stereocenters. The molecule has 8 heteroatoms. The van der Waals surface area contributed by atoms with Crippen molar-refractivity contribution in [2.24, 2.45) is 0 Å². The first-order valence-corrected chi connectivity index (χ1v) is 14.1. The lowest BCUT2D eigenvalue weighted by molar-refractivity contribution is -0.136. The minimum Gasteiger partial charge on any atom is -0.480 e. The standard InChI is InChI=1S/C35H33N3O5/c1-21-8-7-9-22(2)33(21)27-10-5-6-11-28(27)34(42)36-26-14-12-25(13-15-26)35(43)37-17-16-31(39)38(20-32(40)41)30-19-24(4)23(3)18-29(30)37/h5-15,18-19H,16-17,20H2,1-4H3,(H,36,42)(H,40,41). The Kier molecular flexibility index (Phi) is 8.12. The van der Waals surface area contributed by atoms with Crippen LogP contribution in [0.5, 0.6) is 0 Å². The smallest absolute Gasteiger partial charge is 0.323 e. The summed E-state index contributed by atoms with van der Waals surface area (Å²) < 4.78 is 0. The number of nitrogens with zero attached hydrogens (tertiary/aromatic N) is 2. The zero-order valence-electron chi connectivity index (χ0n) is 24.6. The molecule has 218 valence electrons. The lowest BCUT2D eigenvalue weighted by Gasteiger charge is -2.26. The van der Waals surface area contributed by atoms with Crippen molar-refractivity contribution in [1.29, 1.82) is 0 Å². The van der Waals surface area contributed by atoms with Gasteiger partial charge in [0.1, 0.15) is 6.54 Å². The summed E-state index contributed by atoms with van der Waals surface area (Å²) in [7, 11) is 0. The minimum atomic E-state index is -1.13. The lowest BCUT2D eigenvalue weighted by Crippen LogP contribution is -2.35. The van der Waals surface area contributed by atoms with Crippen LogP contribution >= 0.6 is 0 Å². The number of carbonyl (C=O) groups excluding carboxylic acids is 3. The summed E-state index contributed by atoms with van der Waals surface area (Å²) in [5, 5.41) is 12.4. The van der Waals surface area contributed by atoms with Gasteiger partial charge in [-0.25, -0.2) is 0 Å². The van der Waals surface area contributed by atoms with Crippen molar-refractivity contribution in [2.45, 2.75) is 34.1 Å². The van der Waals surface area contributed by atoms with E-state index in [-0.39, 0.29) is 30.7 Å². The fourth-order valence-electron chi connectivity index (χ4n) is 5.52. The maximum absolute atomic E-state index is 13.8. The number of rotatable bonds is 6. The molecule has 3 amide bonds. The highest BCUT2D eigenvalue weighted by Crippen LogP contribution is 2.36. The highest BCUT2D eigenvalue weighted by molar-refractivity contribution is 6.13. The van der Waals surface area contributed by atoms with Gasteiger partial charge in [-0.2, -0.15) is 0 Å². The van der Waals surface area contributed by atoms with E-state index >= 15 is 0 Å². The molecule has 1 aliphatic rings. The largest absolute Gasteiger partial charge is 0.480 e. The number of aliphatic carboxylic acids is 1. The third-order valence-electron chi connectivity index (χ3n) is 7.87. The Bertz CT molecular complexity index is 1740. The van der Waals surface area contributed by atoms with Crippen LogP contribution in [0.4, 0.5) is 17.1 Å². The summed E-state index contributed by atoms with van der Waals surface area (Å²) in [5.41, 5.74) is 8.16. The average molecular weight is 576 g/mol. The predicted molar refractivity (Wildman–Crippen MR) is 168 cm³/mol. The first-order valence-electron chi connectivity index (χ1n) is 14.1. The van der Waals surface area contributed by atoms with Crippen LogP contribution in [0.2, 0.25) is 0 Å². The van der Waals surface area contributed by atoms with Gasteiger partial charge in [-0.1, -0.05) is 36.4 Å². The summed E-state index contributed by atoms with van der Waals surface area (Å²) in [6.07, 6.45) is -0.0142. The molecular formula is C35H33N3O5. The summed E-state index contributed by atoms with van der Waals surface area (Å²) in [5.74, 6) is -2.08. The molecule has 0 aromatic heterocycles. The monoisotopic (exact) mass is 575 g/mol. The SMILES string of the molecule is Cc1cc2c(cc1C)N(C(=O)c1ccc(NC(=O)c3ccccc3-c3c(C)cccc3C)cc1)CCC(=O)N2CC(=O)O. The molecule has 0 aliphatic carbocycles. The second-order valence-electron chi connectivity index (χ2n) is 10.8. The molecule has 2 N–H and O–H groups in total. The summed E-state index contributed by atoms with van der Waals surface area (Å²) >= 11 is 0. The molecule has 4 aromatic carbocycles. The first-order chi connectivity index (χ1) is 20.5. The number of benzene rings is 4. The van der Waals surface area contributed by atoms with E-state index in [9.17, 15) is 24.3 Å². The second-order valence-corrected chi connectivity index (χ2v) is 10.8. The Morgan fingerprint density at radius 1 is 0.791 bits per heavy atom. The molecule has 1 aliphatic heterocycles. The molecule has 0 fully saturated rings. The van der Waals surface area contributed by atoms with Crippen LogP contribution in [0.3, 0.4) is 0 Å². The Morgan fingerprint density at radius 3 is 2.07 bits per heavy atom. The van der Waals surface area contributed by atoms with Gasteiger partial charge in [0, 0.05) is 29.8 Å². The van der Waals surface area contributed by atoms with Gasteiger partial charge in [-0.05, 0) is 104 Å². The summed E-state index contributed by atoms with van der Waals surface area (Å²) in [6, 6.07) is 23.7. The third kappa shape index (κ3) is 5.90. The number of nitrogens with one attached hydrogen (secondary N) is 1. The van der Waals surface area contributed by atoms with Crippen LogP contribution in [-0.4, -0.2) is 41.9 Å². The van der Waals surface area contributed by atoms with Crippen molar-refractivity contribution in [3.05, 3.63) is 112 Å².